The van der Waals surface area contributed by atoms with Gasteiger partial charge in [0.2, 0.25) is 0 Å². The Kier molecular flexibility index (Phi) is 9.75. The summed E-state index contributed by atoms with van der Waals surface area (Å²) in [6, 6.07) is 19.7. The number of amides is 1. The molecule has 44 heavy (non-hydrogen) atoms. The molecule has 0 aliphatic heterocycles. The van der Waals surface area contributed by atoms with Crippen LogP contribution in [0.1, 0.15) is 55.4 Å². The third-order valence-electron chi connectivity index (χ3n) is 6.40. The fourth-order valence-corrected chi connectivity index (χ4v) is 6.03. The van der Waals surface area contributed by atoms with Gasteiger partial charge in [0, 0.05) is 17.9 Å². The summed E-state index contributed by atoms with van der Waals surface area (Å²) in [7, 11) is -4.40. The normalized spacial score (nSPS) is 13.1. The Hall–Kier alpha value is -4.68. The van der Waals surface area contributed by atoms with Gasteiger partial charge in [-0.25, -0.2) is 17.2 Å². The van der Waals surface area contributed by atoms with Crippen LogP contribution in [-0.4, -0.2) is 54.1 Å². The number of aliphatic hydroxyl groups excluding tert-OH is 1. The lowest BCUT2D eigenvalue weighted by Gasteiger charge is -2.27. The van der Waals surface area contributed by atoms with Gasteiger partial charge in [-0.05, 0) is 56.7 Å². The highest BCUT2D eigenvalue weighted by Gasteiger charge is 2.34. The molecule has 11 nitrogen and oxygen atoms in total. The second kappa shape index (κ2) is 13.3. The number of aldehydes is 1. The van der Waals surface area contributed by atoms with Crippen LogP contribution in [0.4, 0.5) is 4.79 Å². The predicted molar refractivity (Wildman–Crippen MR) is 162 cm³/mol. The number of carbonyl (C=O) groups is 3. The first-order chi connectivity index (χ1) is 20.8. The number of esters is 1. The van der Waals surface area contributed by atoms with Gasteiger partial charge in [-0.15, -0.1) is 0 Å². The molecule has 4 rings (SSSR count). The molecule has 0 saturated heterocycles. The monoisotopic (exact) mass is 622 g/mol. The number of hydrogen-bond donors (Lipinski definition) is 2. The maximum absolute atomic E-state index is 14.1. The van der Waals surface area contributed by atoms with Crippen molar-refractivity contribution < 1.29 is 42.1 Å². The molecule has 1 aromatic heterocycles. The van der Waals surface area contributed by atoms with Crippen molar-refractivity contribution in [3.05, 3.63) is 95.7 Å². The molecule has 0 unspecified atom stereocenters. The van der Waals surface area contributed by atoms with Crippen LogP contribution in [0.2, 0.25) is 0 Å². The Bertz CT molecular complexity index is 1750. The van der Waals surface area contributed by atoms with Crippen LogP contribution >= 0.6 is 0 Å². The van der Waals surface area contributed by atoms with Gasteiger partial charge in [0.05, 0.1) is 22.1 Å². The molecule has 2 atom stereocenters. The first-order valence-electron chi connectivity index (χ1n) is 13.7. The summed E-state index contributed by atoms with van der Waals surface area (Å²) in [4.78, 5) is 36.3. The Morgan fingerprint density at radius 3 is 2.23 bits per heavy atom. The zero-order valence-electron chi connectivity index (χ0n) is 24.7. The first-order valence-corrected chi connectivity index (χ1v) is 15.2. The van der Waals surface area contributed by atoms with Crippen molar-refractivity contribution in [2.24, 2.45) is 0 Å². The molecule has 0 bridgehead atoms. The summed E-state index contributed by atoms with van der Waals surface area (Å²) in [5.41, 5.74) is -0.0453. The number of alkyl carbamates (subject to hydrolysis) is 1. The molecule has 3 aromatic carbocycles. The third kappa shape index (κ3) is 7.63. The van der Waals surface area contributed by atoms with Gasteiger partial charge in [-0.2, -0.15) is 0 Å². The van der Waals surface area contributed by atoms with Crippen LogP contribution in [0.15, 0.2) is 83.8 Å². The van der Waals surface area contributed by atoms with E-state index in [9.17, 15) is 27.9 Å². The van der Waals surface area contributed by atoms with Gasteiger partial charge >= 0.3 is 12.1 Å². The molecular weight excluding hydrogens is 588 g/mol. The molecule has 12 heteroatoms. The molecule has 0 radical (unpaired) electrons. The van der Waals surface area contributed by atoms with Gasteiger partial charge in [0.1, 0.15) is 37.0 Å². The summed E-state index contributed by atoms with van der Waals surface area (Å²) in [5.74, 6) is -0.488. The molecule has 0 saturated carbocycles. The van der Waals surface area contributed by atoms with Crippen LogP contribution in [0.3, 0.4) is 0 Å². The van der Waals surface area contributed by atoms with E-state index in [2.05, 4.69) is 5.32 Å². The zero-order valence-corrected chi connectivity index (χ0v) is 25.5. The van der Waals surface area contributed by atoms with Crippen molar-refractivity contribution in [3.8, 4) is 5.75 Å². The highest BCUT2D eigenvalue weighted by molar-refractivity contribution is 7.90. The molecule has 0 spiro atoms. The van der Waals surface area contributed by atoms with Crippen molar-refractivity contribution in [1.82, 2.24) is 9.29 Å². The van der Waals surface area contributed by atoms with Crippen LogP contribution in [0.25, 0.3) is 10.9 Å². The van der Waals surface area contributed by atoms with Crippen molar-refractivity contribution >= 4 is 39.3 Å². The maximum atomic E-state index is 14.1. The molecule has 0 fully saturated rings. The third-order valence-corrected chi connectivity index (χ3v) is 8.15. The second-order valence-electron chi connectivity index (χ2n) is 11.0. The minimum Gasteiger partial charge on any atom is -0.488 e. The molecule has 0 aliphatic rings. The summed E-state index contributed by atoms with van der Waals surface area (Å²) < 4.78 is 45.7. The quantitative estimate of drug-likeness (QED) is 0.178. The van der Waals surface area contributed by atoms with E-state index in [0.717, 1.165) is 16.5 Å². The average Bonchev–Trinajstić information content (AvgIpc) is 3.38. The van der Waals surface area contributed by atoms with Gasteiger partial charge in [-0.1, -0.05) is 48.5 Å². The number of hydrogen-bond acceptors (Lipinski definition) is 9. The molecule has 1 amide bonds. The molecule has 232 valence electrons. The number of aliphatic hydroxyl groups is 1. The molecule has 0 aliphatic carbocycles. The molecule has 2 N–H and O–H groups in total. The van der Waals surface area contributed by atoms with Gasteiger partial charge in [0.15, 0.2) is 0 Å². The zero-order chi connectivity index (χ0) is 32.1. The molecule has 4 aromatic rings. The van der Waals surface area contributed by atoms with Gasteiger partial charge in [0.25, 0.3) is 10.0 Å². The maximum Gasteiger partial charge on any atom is 0.408 e. The van der Waals surface area contributed by atoms with Gasteiger partial charge in [-0.3, -0.25) is 9.59 Å². The number of ether oxygens (including phenoxy) is 3. The topological polar surface area (TPSA) is 150 Å². The van der Waals surface area contributed by atoms with E-state index >= 15 is 0 Å². The smallest absolute Gasteiger partial charge is 0.408 e. The van der Waals surface area contributed by atoms with Crippen molar-refractivity contribution in [2.75, 3.05) is 6.61 Å². The van der Waals surface area contributed by atoms with E-state index < -0.39 is 46.4 Å². The van der Waals surface area contributed by atoms with E-state index in [4.69, 9.17) is 14.2 Å². The standard InChI is InChI=1S/C32H34N2O9S/c1-21(36)41-20-26(33-31(38)43-32(2,3)4)30(37)28-17-25-27(34(28)44(39,40)24-13-9-6-10-14-24)15-23(18-35)16-29(25)42-19-22-11-7-5-8-12-22/h5-18,26,30,37H,19-20H2,1-4H3,(H,33,38)/t26-,30-/m0/s1. The lowest BCUT2D eigenvalue weighted by atomic mass is 10.1. The van der Waals surface area contributed by atoms with E-state index in [1.54, 1.807) is 39.0 Å². The molecule has 1 heterocycles. The average molecular weight is 623 g/mol. The lowest BCUT2D eigenvalue weighted by molar-refractivity contribution is -0.142. The van der Waals surface area contributed by atoms with Crippen molar-refractivity contribution in [3.63, 3.8) is 0 Å². The van der Waals surface area contributed by atoms with Crippen molar-refractivity contribution in [2.45, 2.75) is 56.9 Å². The van der Waals surface area contributed by atoms with Crippen LogP contribution in [0, 0.1) is 0 Å². The summed E-state index contributed by atoms with van der Waals surface area (Å²) in [6.07, 6.45) is -2.10. The SMILES string of the molecule is CC(=O)OC[C@H](NC(=O)OC(C)(C)C)[C@H](O)c1cc2c(OCc3ccccc3)cc(C=O)cc2n1S(=O)(=O)c1ccccc1. The Morgan fingerprint density at radius 2 is 1.64 bits per heavy atom. The number of nitrogens with one attached hydrogen (secondary N) is 1. The van der Waals surface area contributed by atoms with E-state index in [0.29, 0.717) is 6.29 Å². The summed E-state index contributed by atoms with van der Waals surface area (Å²) in [6.45, 7) is 5.72. The summed E-state index contributed by atoms with van der Waals surface area (Å²) >= 11 is 0. The van der Waals surface area contributed by atoms with Crippen LogP contribution in [-0.2, 0) is 30.9 Å². The highest BCUT2D eigenvalue weighted by Crippen LogP contribution is 2.37. The number of nitrogens with zero attached hydrogens (tertiary/aromatic N) is 1. The van der Waals surface area contributed by atoms with E-state index in [1.807, 2.05) is 30.3 Å². The number of carbonyl (C=O) groups excluding carboxylic acids is 3. The largest absolute Gasteiger partial charge is 0.488 e. The minimum absolute atomic E-state index is 0.0547. The fraction of sp³-hybridized carbons (Fsp3) is 0.281. The summed E-state index contributed by atoms with van der Waals surface area (Å²) in [5, 5.41) is 14.5. The molecular formula is C32H34N2O9S. The lowest BCUT2D eigenvalue weighted by Crippen LogP contribution is -2.45. The predicted octanol–water partition coefficient (Wildman–Crippen LogP) is 4.76. The minimum atomic E-state index is -4.40. The number of rotatable bonds is 11. The van der Waals surface area contributed by atoms with Crippen LogP contribution in [0.5, 0.6) is 5.75 Å². The Balaban J connectivity index is 1.91. The highest BCUT2D eigenvalue weighted by atomic mass is 32.2. The van der Waals surface area contributed by atoms with Gasteiger partial charge < -0.3 is 24.6 Å². The van der Waals surface area contributed by atoms with E-state index in [1.165, 1.54) is 30.3 Å². The second-order valence-corrected chi connectivity index (χ2v) is 12.8. The van der Waals surface area contributed by atoms with Crippen LogP contribution < -0.4 is 10.1 Å². The Morgan fingerprint density at radius 1 is 1.00 bits per heavy atom. The Labute approximate surface area is 255 Å². The number of aromatic nitrogens is 1. The number of fused-ring (bicyclic) bond motifs is 1. The van der Waals surface area contributed by atoms with Crippen molar-refractivity contribution in [1.29, 1.82) is 0 Å². The van der Waals surface area contributed by atoms with E-state index in [-0.39, 0.29) is 39.4 Å². The fourth-order valence-electron chi connectivity index (χ4n) is 4.47. The number of benzene rings is 3. The first kappa shape index (κ1) is 32.2.